The smallest absolute Gasteiger partial charge is 0.0895 e. The largest absolute Gasteiger partial charge is 0.378 e. The molecule has 0 unspecified atom stereocenters. The third-order valence-electron chi connectivity index (χ3n) is 4.58. The van der Waals surface area contributed by atoms with Crippen LogP contribution in [0.3, 0.4) is 0 Å². The van der Waals surface area contributed by atoms with E-state index in [-0.39, 0.29) is 6.10 Å². The number of hydrogen-bond acceptors (Lipinski definition) is 2. The van der Waals surface area contributed by atoms with Crippen LogP contribution in [0.5, 0.6) is 0 Å². The van der Waals surface area contributed by atoms with Gasteiger partial charge >= 0.3 is 0 Å². The zero-order chi connectivity index (χ0) is 14.2. The molecule has 3 atom stereocenters. The number of benzene rings is 2. The van der Waals surface area contributed by atoms with E-state index in [9.17, 15) is 0 Å². The van der Waals surface area contributed by atoms with Crippen molar-refractivity contribution < 1.29 is 4.74 Å². The molecule has 2 heterocycles. The zero-order valence-corrected chi connectivity index (χ0v) is 13.3. The van der Waals surface area contributed by atoms with Crippen LogP contribution in [0.25, 0.3) is 0 Å². The zero-order valence-electron chi connectivity index (χ0n) is 11.8. The van der Waals surface area contributed by atoms with Gasteiger partial charge in [0.2, 0.25) is 0 Å². The van der Waals surface area contributed by atoms with E-state index >= 15 is 0 Å². The first-order valence-electron chi connectivity index (χ1n) is 7.55. The van der Waals surface area contributed by atoms with Gasteiger partial charge in [0.05, 0.1) is 12.1 Å². The number of hydrogen-bond donors (Lipinski definition) is 1. The van der Waals surface area contributed by atoms with Crippen molar-refractivity contribution in [3.63, 3.8) is 0 Å². The molecule has 2 aliphatic heterocycles. The van der Waals surface area contributed by atoms with Gasteiger partial charge in [-0.15, -0.1) is 0 Å². The molecule has 21 heavy (non-hydrogen) atoms. The van der Waals surface area contributed by atoms with Crippen LogP contribution < -0.4 is 5.32 Å². The van der Waals surface area contributed by atoms with Crippen molar-refractivity contribution in [2.24, 2.45) is 5.92 Å². The summed E-state index contributed by atoms with van der Waals surface area (Å²) in [6.07, 6.45) is 2.58. The molecule has 1 N–H and O–H groups in total. The Balaban J connectivity index is 1.78. The SMILES string of the molecule is Brc1cccc([C@@H]2Nc3ccccc3[C@H]3OCCC[C@H]32)c1. The fraction of sp³-hybridized carbons (Fsp3) is 0.333. The second-order valence-electron chi connectivity index (χ2n) is 5.86. The standard InChI is InChI=1S/C18H18BrNO/c19-13-6-3-5-12(11-13)17-15-8-4-10-21-18(15)14-7-1-2-9-16(14)20-17/h1-3,5-7,9,11,15,17-18,20H,4,8,10H2/t15-,17-,18+/m0/s1. The van der Waals surface area contributed by atoms with Crippen molar-refractivity contribution >= 4 is 21.6 Å². The Hall–Kier alpha value is -1.32. The number of nitrogens with one attached hydrogen (secondary N) is 1. The third kappa shape index (κ3) is 2.39. The molecule has 3 heteroatoms. The summed E-state index contributed by atoms with van der Waals surface area (Å²) >= 11 is 3.59. The van der Waals surface area contributed by atoms with Gasteiger partial charge in [-0.1, -0.05) is 46.3 Å². The predicted molar refractivity (Wildman–Crippen MR) is 88.4 cm³/mol. The Morgan fingerprint density at radius 1 is 1.10 bits per heavy atom. The van der Waals surface area contributed by atoms with E-state index in [0.29, 0.717) is 12.0 Å². The molecule has 108 valence electrons. The number of anilines is 1. The van der Waals surface area contributed by atoms with Gasteiger partial charge < -0.3 is 10.1 Å². The van der Waals surface area contributed by atoms with Gasteiger partial charge in [0.25, 0.3) is 0 Å². The minimum Gasteiger partial charge on any atom is -0.378 e. The summed E-state index contributed by atoms with van der Waals surface area (Å²) in [5, 5.41) is 3.74. The lowest BCUT2D eigenvalue weighted by atomic mass is 9.77. The summed E-state index contributed by atoms with van der Waals surface area (Å²) in [5.41, 5.74) is 3.86. The normalized spacial score (nSPS) is 27.4. The molecule has 2 nitrogen and oxygen atoms in total. The van der Waals surface area contributed by atoms with Gasteiger partial charge in [-0.25, -0.2) is 0 Å². The Bertz CT molecular complexity index is 657. The Labute approximate surface area is 133 Å². The van der Waals surface area contributed by atoms with E-state index in [1.54, 1.807) is 0 Å². The van der Waals surface area contributed by atoms with E-state index in [1.165, 1.54) is 23.2 Å². The predicted octanol–water partition coefficient (Wildman–Crippen LogP) is 5.08. The molecule has 0 saturated carbocycles. The quantitative estimate of drug-likeness (QED) is 0.779. The highest BCUT2D eigenvalue weighted by atomic mass is 79.9. The molecule has 0 radical (unpaired) electrons. The van der Waals surface area contributed by atoms with Crippen molar-refractivity contribution in [1.82, 2.24) is 0 Å². The molecule has 0 aliphatic carbocycles. The first-order valence-corrected chi connectivity index (χ1v) is 8.35. The summed E-state index contributed by atoms with van der Waals surface area (Å²) in [6, 6.07) is 17.5. The van der Waals surface area contributed by atoms with Crippen LogP contribution in [0, 0.1) is 5.92 Å². The average Bonchev–Trinajstić information content (AvgIpc) is 2.54. The van der Waals surface area contributed by atoms with Gasteiger partial charge in [-0.3, -0.25) is 0 Å². The fourth-order valence-electron chi connectivity index (χ4n) is 3.65. The first-order chi connectivity index (χ1) is 10.3. The van der Waals surface area contributed by atoms with Gasteiger partial charge in [-0.2, -0.15) is 0 Å². The molecule has 0 amide bonds. The molecule has 0 aromatic heterocycles. The summed E-state index contributed by atoms with van der Waals surface area (Å²) in [5.74, 6) is 0.503. The lowest BCUT2D eigenvalue weighted by Crippen LogP contribution is -2.35. The number of ether oxygens (including phenoxy) is 1. The maximum Gasteiger partial charge on any atom is 0.0895 e. The topological polar surface area (TPSA) is 21.3 Å². The molecule has 2 aromatic carbocycles. The highest BCUT2D eigenvalue weighted by molar-refractivity contribution is 9.10. The van der Waals surface area contributed by atoms with E-state index in [1.807, 2.05) is 0 Å². The number of fused-ring (bicyclic) bond motifs is 3. The summed E-state index contributed by atoms with van der Waals surface area (Å²) < 4.78 is 7.27. The van der Waals surface area contributed by atoms with Gasteiger partial charge in [0.1, 0.15) is 0 Å². The third-order valence-corrected chi connectivity index (χ3v) is 5.08. The van der Waals surface area contributed by atoms with E-state index < -0.39 is 0 Å². The van der Waals surface area contributed by atoms with Crippen molar-refractivity contribution in [3.8, 4) is 0 Å². The molecule has 2 aliphatic rings. The average molecular weight is 344 g/mol. The van der Waals surface area contributed by atoms with Crippen molar-refractivity contribution in [2.75, 3.05) is 11.9 Å². The molecule has 1 fully saturated rings. The monoisotopic (exact) mass is 343 g/mol. The summed E-state index contributed by atoms with van der Waals surface area (Å²) in [6.45, 7) is 0.876. The van der Waals surface area contributed by atoms with Crippen LogP contribution in [0.1, 0.15) is 36.1 Å². The minimum absolute atomic E-state index is 0.222. The van der Waals surface area contributed by atoms with Crippen LogP contribution in [-0.2, 0) is 4.74 Å². The number of para-hydroxylation sites is 1. The maximum absolute atomic E-state index is 6.14. The molecular formula is C18H18BrNO. The van der Waals surface area contributed by atoms with Gasteiger partial charge in [0.15, 0.2) is 0 Å². The second kappa shape index (κ2) is 5.47. The molecule has 2 aromatic rings. The van der Waals surface area contributed by atoms with Crippen LogP contribution >= 0.6 is 15.9 Å². The highest BCUT2D eigenvalue weighted by Crippen LogP contribution is 2.49. The maximum atomic E-state index is 6.14. The Morgan fingerprint density at radius 2 is 2.00 bits per heavy atom. The number of halogens is 1. The summed E-state index contributed by atoms with van der Waals surface area (Å²) in [7, 11) is 0. The van der Waals surface area contributed by atoms with Crippen molar-refractivity contribution in [3.05, 3.63) is 64.1 Å². The number of rotatable bonds is 1. The lowest BCUT2D eigenvalue weighted by Gasteiger charge is -2.43. The van der Waals surface area contributed by atoms with E-state index in [2.05, 4.69) is 69.8 Å². The van der Waals surface area contributed by atoms with Gasteiger partial charge in [0, 0.05) is 28.2 Å². The molecule has 1 saturated heterocycles. The van der Waals surface area contributed by atoms with E-state index in [0.717, 1.165) is 17.5 Å². The van der Waals surface area contributed by atoms with Crippen molar-refractivity contribution in [2.45, 2.75) is 25.0 Å². The molecule has 0 spiro atoms. The fourth-order valence-corrected chi connectivity index (χ4v) is 4.06. The second-order valence-corrected chi connectivity index (χ2v) is 6.78. The van der Waals surface area contributed by atoms with Crippen molar-refractivity contribution in [1.29, 1.82) is 0 Å². The minimum atomic E-state index is 0.222. The molecule has 4 rings (SSSR count). The Kier molecular flexibility index (Phi) is 3.48. The highest BCUT2D eigenvalue weighted by Gasteiger charge is 2.39. The van der Waals surface area contributed by atoms with E-state index in [4.69, 9.17) is 4.74 Å². The van der Waals surface area contributed by atoms with Crippen LogP contribution in [0.15, 0.2) is 53.0 Å². The molecule has 0 bridgehead atoms. The molecular weight excluding hydrogens is 326 g/mol. The summed E-state index contributed by atoms with van der Waals surface area (Å²) in [4.78, 5) is 0. The van der Waals surface area contributed by atoms with Crippen LogP contribution in [0.4, 0.5) is 5.69 Å². The first kappa shape index (κ1) is 13.4. The van der Waals surface area contributed by atoms with Crippen LogP contribution in [0.2, 0.25) is 0 Å². The van der Waals surface area contributed by atoms with Gasteiger partial charge in [-0.05, 0) is 36.6 Å². The lowest BCUT2D eigenvalue weighted by molar-refractivity contribution is -0.0381. The Morgan fingerprint density at radius 3 is 2.90 bits per heavy atom. The van der Waals surface area contributed by atoms with Crippen LogP contribution in [-0.4, -0.2) is 6.61 Å².